The molecule has 2 aromatic heterocycles. The Morgan fingerprint density at radius 3 is 2.95 bits per heavy atom. The SMILES string of the molecule is CCc1ccc(C(=O)/C=C/c2ccc3ncccc3c2)s1. The largest absolute Gasteiger partial charge is 0.288 e. The van der Waals surface area contributed by atoms with Gasteiger partial charge in [0.25, 0.3) is 0 Å². The Kier molecular flexibility index (Phi) is 3.93. The number of fused-ring (bicyclic) bond motifs is 1. The van der Waals surface area contributed by atoms with Crippen LogP contribution in [0.3, 0.4) is 0 Å². The number of aromatic nitrogens is 1. The van der Waals surface area contributed by atoms with Crippen molar-refractivity contribution in [3.05, 3.63) is 70.1 Å². The lowest BCUT2D eigenvalue weighted by atomic mass is 10.1. The number of pyridine rings is 1. The van der Waals surface area contributed by atoms with Gasteiger partial charge in [0.15, 0.2) is 5.78 Å². The molecule has 0 aliphatic heterocycles. The highest BCUT2D eigenvalue weighted by atomic mass is 32.1. The van der Waals surface area contributed by atoms with Gasteiger partial charge in [-0.3, -0.25) is 9.78 Å². The normalized spacial score (nSPS) is 11.3. The third-order valence-corrected chi connectivity index (χ3v) is 4.55. The van der Waals surface area contributed by atoms with Gasteiger partial charge in [0.1, 0.15) is 0 Å². The van der Waals surface area contributed by atoms with Crippen LogP contribution < -0.4 is 0 Å². The predicted octanol–water partition coefficient (Wildman–Crippen LogP) is 4.75. The topological polar surface area (TPSA) is 30.0 Å². The maximum Gasteiger partial charge on any atom is 0.195 e. The van der Waals surface area contributed by atoms with Crippen LogP contribution in [0.4, 0.5) is 0 Å². The van der Waals surface area contributed by atoms with Crippen molar-refractivity contribution < 1.29 is 4.79 Å². The van der Waals surface area contributed by atoms with Crippen molar-refractivity contribution in [2.75, 3.05) is 0 Å². The molecule has 0 fully saturated rings. The third-order valence-electron chi connectivity index (χ3n) is 3.31. The number of aryl methyl sites for hydroxylation is 1. The number of carbonyl (C=O) groups is 1. The van der Waals surface area contributed by atoms with Gasteiger partial charge in [0.2, 0.25) is 0 Å². The highest BCUT2D eigenvalue weighted by molar-refractivity contribution is 7.14. The van der Waals surface area contributed by atoms with E-state index < -0.39 is 0 Å². The molecule has 21 heavy (non-hydrogen) atoms. The second kappa shape index (κ2) is 6.02. The van der Waals surface area contributed by atoms with E-state index in [4.69, 9.17) is 0 Å². The summed E-state index contributed by atoms with van der Waals surface area (Å²) in [7, 11) is 0. The molecule has 0 aliphatic rings. The summed E-state index contributed by atoms with van der Waals surface area (Å²) in [6.07, 6.45) is 6.26. The van der Waals surface area contributed by atoms with Gasteiger partial charge < -0.3 is 0 Å². The first kappa shape index (κ1) is 13.7. The molecule has 3 rings (SSSR count). The molecule has 0 spiro atoms. The number of hydrogen-bond acceptors (Lipinski definition) is 3. The van der Waals surface area contributed by atoms with Crippen molar-refractivity contribution in [1.82, 2.24) is 4.98 Å². The molecular weight excluding hydrogens is 278 g/mol. The third kappa shape index (κ3) is 3.09. The van der Waals surface area contributed by atoms with Gasteiger partial charge in [0, 0.05) is 16.5 Å². The molecule has 0 N–H and O–H groups in total. The molecule has 0 amide bonds. The first-order chi connectivity index (χ1) is 10.3. The molecular formula is C18H15NOS. The van der Waals surface area contributed by atoms with Crippen molar-refractivity contribution >= 4 is 34.1 Å². The standard InChI is InChI=1S/C18H15NOS/c1-2-15-7-10-18(21-15)17(20)9-6-13-5-8-16-14(12-13)4-3-11-19-16/h3-12H,2H2,1H3/b9-6+. The molecule has 0 saturated carbocycles. The van der Waals surface area contributed by atoms with E-state index >= 15 is 0 Å². The van der Waals surface area contributed by atoms with Crippen molar-refractivity contribution in [3.63, 3.8) is 0 Å². The molecule has 0 aliphatic carbocycles. The second-order valence-electron chi connectivity index (χ2n) is 4.77. The quantitative estimate of drug-likeness (QED) is 0.513. The van der Waals surface area contributed by atoms with Crippen LogP contribution in [-0.2, 0) is 6.42 Å². The minimum atomic E-state index is 0.0611. The number of hydrogen-bond donors (Lipinski definition) is 0. The molecule has 3 heteroatoms. The van der Waals surface area contributed by atoms with Crippen LogP contribution in [-0.4, -0.2) is 10.8 Å². The summed E-state index contributed by atoms with van der Waals surface area (Å²) in [5.74, 6) is 0.0611. The molecule has 104 valence electrons. The lowest BCUT2D eigenvalue weighted by molar-refractivity contribution is 0.105. The van der Waals surface area contributed by atoms with Crippen LogP contribution in [0.25, 0.3) is 17.0 Å². The first-order valence-electron chi connectivity index (χ1n) is 6.92. The number of nitrogens with zero attached hydrogens (tertiary/aromatic N) is 1. The number of allylic oxidation sites excluding steroid dienone is 1. The Morgan fingerprint density at radius 1 is 1.24 bits per heavy atom. The lowest BCUT2D eigenvalue weighted by Crippen LogP contribution is -1.88. The molecule has 2 nitrogen and oxygen atoms in total. The molecule has 0 radical (unpaired) electrons. The van der Waals surface area contributed by atoms with E-state index in [1.54, 1.807) is 23.6 Å². The number of rotatable bonds is 4. The van der Waals surface area contributed by atoms with Gasteiger partial charge in [-0.25, -0.2) is 0 Å². The molecule has 3 aromatic rings. The summed E-state index contributed by atoms with van der Waals surface area (Å²) < 4.78 is 0. The minimum absolute atomic E-state index is 0.0611. The van der Waals surface area contributed by atoms with Crippen LogP contribution in [0.5, 0.6) is 0 Å². The fourth-order valence-corrected chi connectivity index (χ4v) is 3.02. The summed E-state index contributed by atoms with van der Waals surface area (Å²) in [5, 5.41) is 1.08. The number of benzene rings is 1. The minimum Gasteiger partial charge on any atom is -0.288 e. The van der Waals surface area contributed by atoms with Gasteiger partial charge in [-0.05, 0) is 48.4 Å². The lowest BCUT2D eigenvalue weighted by Gasteiger charge is -1.98. The van der Waals surface area contributed by atoms with E-state index in [9.17, 15) is 4.79 Å². The Morgan fingerprint density at radius 2 is 2.14 bits per heavy atom. The fraction of sp³-hybridized carbons (Fsp3) is 0.111. The summed E-state index contributed by atoms with van der Waals surface area (Å²) >= 11 is 1.57. The average Bonchev–Trinajstić information content (AvgIpc) is 3.01. The van der Waals surface area contributed by atoms with Crippen LogP contribution >= 0.6 is 11.3 Å². The first-order valence-corrected chi connectivity index (χ1v) is 7.74. The fourth-order valence-electron chi connectivity index (χ4n) is 2.15. The van der Waals surface area contributed by atoms with Gasteiger partial charge in [-0.1, -0.05) is 25.1 Å². The Hall–Kier alpha value is -2.26. The van der Waals surface area contributed by atoms with E-state index in [0.717, 1.165) is 27.8 Å². The highest BCUT2D eigenvalue weighted by Gasteiger charge is 2.05. The molecule has 0 bridgehead atoms. The zero-order valence-corrected chi connectivity index (χ0v) is 12.6. The molecule has 2 heterocycles. The van der Waals surface area contributed by atoms with E-state index in [1.165, 1.54) is 4.88 Å². The maximum atomic E-state index is 12.1. The maximum absolute atomic E-state index is 12.1. The predicted molar refractivity (Wildman–Crippen MR) is 88.8 cm³/mol. The average molecular weight is 293 g/mol. The van der Waals surface area contributed by atoms with Gasteiger partial charge in [-0.2, -0.15) is 0 Å². The summed E-state index contributed by atoms with van der Waals surface area (Å²) in [4.78, 5) is 18.4. The van der Waals surface area contributed by atoms with E-state index in [-0.39, 0.29) is 5.78 Å². The number of ketones is 1. The Balaban J connectivity index is 1.81. The highest BCUT2D eigenvalue weighted by Crippen LogP contribution is 2.19. The number of carbonyl (C=O) groups excluding carboxylic acids is 1. The number of thiophene rings is 1. The summed E-state index contributed by atoms with van der Waals surface area (Å²) in [5.41, 5.74) is 1.97. The summed E-state index contributed by atoms with van der Waals surface area (Å²) in [6.45, 7) is 2.10. The second-order valence-corrected chi connectivity index (χ2v) is 5.94. The van der Waals surface area contributed by atoms with Crippen LogP contribution in [0, 0.1) is 0 Å². The monoisotopic (exact) mass is 293 g/mol. The smallest absolute Gasteiger partial charge is 0.195 e. The van der Waals surface area contributed by atoms with Crippen LogP contribution in [0.2, 0.25) is 0 Å². The summed E-state index contributed by atoms with van der Waals surface area (Å²) in [6, 6.07) is 13.9. The Bertz CT molecular complexity index is 817. The molecule has 0 atom stereocenters. The molecule has 0 unspecified atom stereocenters. The zero-order valence-electron chi connectivity index (χ0n) is 11.7. The zero-order chi connectivity index (χ0) is 14.7. The van der Waals surface area contributed by atoms with Crippen molar-refractivity contribution in [3.8, 4) is 0 Å². The van der Waals surface area contributed by atoms with Crippen LogP contribution in [0.15, 0.2) is 54.7 Å². The van der Waals surface area contributed by atoms with E-state index in [1.807, 2.05) is 48.5 Å². The van der Waals surface area contributed by atoms with Gasteiger partial charge in [-0.15, -0.1) is 11.3 Å². The molecule has 0 saturated heterocycles. The van der Waals surface area contributed by atoms with Crippen molar-refractivity contribution in [1.29, 1.82) is 0 Å². The van der Waals surface area contributed by atoms with Gasteiger partial charge in [0.05, 0.1) is 10.4 Å². The van der Waals surface area contributed by atoms with Crippen molar-refractivity contribution in [2.24, 2.45) is 0 Å². The van der Waals surface area contributed by atoms with E-state index in [2.05, 4.69) is 11.9 Å². The molecule has 1 aromatic carbocycles. The van der Waals surface area contributed by atoms with E-state index in [0.29, 0.717) is 0 Å². The Labute approximate surface area is 127 Å². The van der Waals surface area contributed by atoms with Gasteiger partial charge >= 0.3 is 0 Å². The van der Waals surface area contributed by atoms with Crippen molar-refractivity contribution in [2.45, 2.75) is 13.3 Å². The van der Waals surface area contributed by atoms with Crippen LogP contribution in [0.1, 0.15) is 27.0 Å².